The summed E-state index contributed by atoms with van der Waals surface area (Å²) in [6.45, 7) is 5.85. The SMILES string of the molecule is Cc1cc(C(F)(F)F)nn1-c1ccc(Nc2nc(-c3ccccc3C(C)C)c3ncn(C)c3n2)cc1. The molecule has 184 valence electrons. The van der Waals surface area contributed by atoms with Gasteiger partial charge in [-0.15, -0.1) is 0 Å². The number of benzene rings is 2. The number of rotatable bonds is 5. The summed E-state index contributed by atoms with van der Waals surface area (Å²) < 4.78 is 42.2. The highest BCUT2D eigenvalue weighted by molar-refractivity contribution is 5.89. The molecule has 3 aromatic heterocycles. The summed E-state index contributed by atoms with van der Waals surface area (Å²) >= 11 is 0. The molecule has 0 aliphatic rings. The Labute approximate surface area is 205 Å². The summed E-state index contributed by atoms with van der Waals surface area (Å²) in [7, 11) is 1.88. The first kappa shape index (κ1) is 23.5. The molecule has 0 saturated carbocycles. The van der Waals surface area contributed by atoms with Crippen molar-refractivity contribution < 1.29 is 13.2 Å². The topological polar surface area (TPSA) is 73.5 Å². The van der Waals surface area contributed by atoms with Crippen LogP contribution in [0, 0.1) is 6.92 Å². The third kappa shape index (κ3) is 4.30. The number of nitrogens with zero attached hydrogens (tertiary/aromatic N) is 6. The second kappa shape index (κ2) is 8.78. The van der Waals surface area contributed by atoms with Gasteiger partial charge in [-0.3, -0.25) is 0 Å². The molecule has 0 atom stereocenters. The molecular formula is C26H24F3N7. The maximum atomic E-state index is 13.0. The molecule has 0 aliphatic heterocycles. The van der Waals surface area contributed by atoms with Crippen molar-refractivity contribution in [2.75, 3.05) is 5.32 Å². The Kier molecular flexibility index (Phi) is 5.74. The second-order valence-electron chi connectivity index (χ2n) is 8.92. The minimum atomic E-state index is -4.49. The van der Waals surface area contributed by atoms with Crippen molar-refractivity contribution in [1.29, 1.82) is 0 Å². The molecule has 0 fully saturated rings. The highest BCUT2D eigenvalue weighted by atomic mass is 19.4. The minimum Gasteiger partial charge on any atom is -0.324 e. The van der Waals surface area contributed by atoms with E-state index in [-0.39, 0.29) is 0 Å². The quantitative estimate of drug-likeness (QED) is 0.308. The maximum absolute atomic E-state index is 13.0. The number of aryl methyl sites for hydroxylation is 2. The van der Waals surface area contributed by atoms with Gasteiger partial charge in [0.05, 0.1) is 12.0 Å². The third-order valence-corrected chi connectivity index (χ3v) is 5.94. The van der Waals surface area contributed by atoms with E-state index in [2.05, 4.69) is 40.3 Å². The summed E-state index contributed by atoms with van der Waals surface area (Å²) in [6, 6.07) is 16.0. The Balaban J connectivity index is 1.51. The molecule has 5 rings (SSSR count). The predicted octanol–water partition coefficient (Wildman–Crippen LogP) is 6.41. The van der Waals surface area contributed by atoms with E-state index in [0.717, 1.165) is 22.9 Å². The van der Waals surface area contributed by atoms with Crippen molar-refractivity contribution in [2.45, 2.75) is 32.9 Å². The van der Waals surface area contributed by atoms with Crippen molar-refractivity contribution >= 4 is 22.8 Å². The average Bonchev–Trinajstić information content (AvgIpc) is 3.42. The molecule has 5 aromatic rings. The van der Waals surface area contributed by atoms with Gasteiger partial charge in [0.2, 0.25) is 5.95 Å². The molecule has 2 aromatic carbocycles. The third-order valence-electron chi connectivity index (χ3n) is 5.94. The van der Waals surface area contributed by atoms with Crippen molar-refractivity contribution in [3.05, 3.63) is 77.9 Å². The molecule has 0 amide bonds. The van der Waals surface area contributed by atoms with Crippen LogP contribution in [-0.4, -0.2) is 29.3 Å². The van der Waals surface area contributed by atoms with Crippen molar-refractivity contribution in [2.24, 2.45) is 7.05 Å². The number of aromatic nitrogens is 6. The van der Waals surface area contributed by atoms with Crippen LogP contribution in [0.25, 0.3) is 28.1 Å². The lowest BCUT2D eigenvalue weighted by atomic mass is 9.95. The summed E-state index contributed by atoms with van der Waals surface area (Å²) in [5.41, 5.74) is 4.95. The van der Waals surface area contributed by atoms with E-state index in [0.29, 0.717) is 40.1 Å². The van der Waals surface area contributed by atoms with Gasteiger partial charge in [-0.05, 0) is 48.7 Å². The van der Waals surface area contributed by atoms with Crippen molar-refractivity contribution in [3.63, 3.8) is 0 Å². The molecule has 0 unspecified atom stereocenters. The monoisotopic (exact) mass is 491 g/mol. The lowest BCUT2D eigenvalue weighted by Crippen LogP contribution is -2.07. The Hall–Kier alpha value is -4.21. The Morgan fingerprint density at radius 1 is 0.972 bits per heavy atom. The highest BCUT2D eigenvalue weighted by Crippen LogP contribution is 2.33. The zero-order chi connectivity index (χ0) is 25.6. The number of anilines is 2. The summed E-state index contributed by atoms with van der Waals surface area (Å²) in [4.78, 5) is 14.0. The van der Waals surface area contributed by atoms with E-state index < -0.39 is 11.9 Å². The van der Waals surface area contributed by atoms with Crippen LogP contribution < -0.4 is 5.32 Å². The van der Waals surface area contributed by atoms with Crippen molar-refractivity contribution in [1.82, 2.24) is 29.3 Å². The fourth-order valence-corrected chi connectivity index (χ4v) is 4.16. The minimum absolute atomic E-state index is 0.294. The fourth-order valence-electron chi connectivity index (χ4n) is 4.16. The molecule has 1 N–H and O–H groups in total. The molecule has 10 heteroatoms. The molecule has 36 heavy (non-hydrogen) atoms. The zero-order valence-corrected chi connectivity index (χ0v) is 20.2. The number of hydrogen-bond donors (Lipinski definition) is 1. The first-order chi connectivity index (χ1) is 17.1. The molecule has 7 nitrogen and oxygen atoms in total. The molecule has 0 aliphatic carbocycles. The van der Waals surface area contributed by atoms with Gasteiger partial charge in [-0.2, -0.15) is 23.3 Å². The number of halogens is 3. The average molecular weight is 492 g/mol. The van der Waals surface area contributed by atoms with Gasteiger partial charge in [0, 0.05) is 24.0 Å². The van der Waals surface area contributed by atoms with E-state index in [1.165, 1.54) is 4.68 Å². The summed E-state index contributed by atoms with van der Waals surface area (Å²) in [6.07, 6.45) is -2.79. The van der Waals surface area contributed by atoms with Crippen LogP contribution >= 0.6 is 0 Å². The van der Waals surface area contributed by atoms with Crippen molar-refractivity contribution in [3.8, 4) is 16.9 Å². The van der Waals surface area contributed by atoms with E-state index in [1.54, 1.807) is 37.5 Å². The number of fused-ring (bicyclic) bond motifs is 1. The lowest BCUT2D eigenvalue weighted by Gasteiger charge is -2.14. The van der Waals surface area contributed by atoms with Crippen LogP contribution in [0.4, 0.5) is 24.8 Å². The lowest BCUT2D eigenvalue weighted by molar-refractivity contribution is -0.141. The second-order valence-corrected chi connectivity index (χ2v) is 8.92. The normalized spacial score (nSPS) is 12.0. The van der Waals surface area contributed by atoms with Gasteiger partial charge < -0.3 is 9.88 Å². The van der Waals surface area contributed by atoms with Gasteiger partial charge in [0.1, 0.15) is 11.2 Å². The standard InChI is InChI=1S/C26H24F3N7/c1-15(2)19-7-5-6-8-20(19)22-23-24(35(4)14-30-23)33-25(32-22)31-17-9-11-18(12-10-17)36-16(3)13-21(34-36)26(27,28)29/h5-15H,1-4H3,(H,31,32,33). The molecule has 0 saturated heterocycles. The van der Waals surface area contributed by atoms with E-state index in [4.69, 9.17) is 4.98 Å². The van der Waals surface area contributed by atoms with Crippen LogP contribution in [0.3, 0.4) is 0 Å². The van der Waals surface area contributed by atoms with Crippen LogP contribution in [-0.2, 0) is 13.2 Å². The highest BCUT2D eigenvalue weighted by Gasteiger charge is 2.34. The predicted molar refractivity (Wildman–Crippen MR) is 132 cm³/mol. The van der Waals surface area contributed by atoms with E-state index in [9.17, 15) is 13.2 Å². The van der Waals surface area contributed by atoms with Gasteiger partial charge in [0.15, 0.2) is 11.3 Å². The summed E-state index contributed by atoms with van der Waals surface area (Å²) in [5.74, 6) is 0.685. The molecule has 0 radical (unpaired) electrons. The first-order valence-corrected chi connectivity index (χ1v) is 11.4. The van der Waals surface area contributed by atoms with Gasteiger partial charge >= 0.3 is 6.18 Å². The first-order valence-electron chi connectivity index (χ1n) is 11.4. The van der Waals surface area contributed by atoms with Crippen LogP contribution in [0.5, 0.6) is 0 Å². The van der Waals surface area contributed by atoms with Gasteiger partial charge in [-0.25, -0.2) is 14.6 Å². The van der Waals surface area contributed by atoms with Crippen LogP contribution in [0.1, 0.15) is 36.7 Å². The smallest absolute Gasteiger partial charge is 0.324 e. The fraction of sp³-hybridized carbons (Fsp3) is 0.231. The number of nitrogens with one attached hydrogen (secondary N) is 1. The number of imidazole rings is 1. The van der Waals surface area contributed by atoms with Gasteiger partial charge in [0.25, 0.3) is 0 Å². The maximum Gasteiger partial charge on any atom is 0.435 e. The zero-order valence-electron chi connectivity index (χ0n) is 20.2. The molecule has 3 heterocycles. The Morgan fingerprint density at radius 2 is 1.69 bits per heavy atom. The Morgan fingerprint density at radius 3 is 2.36 bits per heavy atom. The number of hydrogen-bond acceptors (Lipinski definition) is 5. The van der Waals surface area contributed by atoms with Crippen LogP contribution in [0.2, 0.25) is 0 Å². The Bertz CT molecular complexity index is 1550. The molecule has 0 spiro atoms. The molecule has 0 bridgehead atoms. The number of alkyl halides is 3. The summed E-state index contributed by atoms with van der Waals surface area (Å²) in [5, 5.41) is 6.93. The van der Waals surface area contributed by atoms with Gasteiger partial charge in [-0.1, -0.05) is 38.1 Å². The van der Waals surface area contributed by atoms with Crippen LogP contribution in [0.15, 0.2) is 60.9 Å². The molecular weight excluding hydrogens is 467 g/mol. The van der Waals surface area contributed by atoms with E-state index in [1.807, 2.05) is 29.8 Å². The largest absolute Gasteiger partial charge is 0.435 e. The van der Waals surface area contributed by atoms with E-state index >= 15 is 0 Å².